The minimum atomic E-state index is 0.0976. The number of hydrogen-bond donors (Lipinski definition) is 0. The van der Waals surface area contributed by atoms with Crippen molar-refractivity contribution in [1.82, 2.24) is 0 Å². The van der Waals surface area contributed by atoms with Gasteiger partial charge in [-0.25, -0.2) is 4.79 Å². The molecule has 0 aromatic carbocycles. The highest BCUT2D eigenvalue weighted by Gasteiger charge is 2.01. The van der Waals surface area contributed by atoms with E-state index in [9.17, 15) is 4.79 Å². The van der Waals surface area contributed by atoms with Crippen LogP contribution in [0, 0.1) is 5.41 Å². The Morgan fingerprint density at radius 3 is 2.33 bits per heavy atom. The van der Waals surface area contributed by atoms with Crippen molar-refractivity contribution in [2.75, 3.05) is 0 Å². The second-order valence-corrected chi connectivity index (χ2v) is 2.90. The summed E-state index contributed by atoms with van der Waals surface area (Å²) in [5.41, 5.74) is 0.0976. The topological polar surface area (TPSA) is 29.4 Å². The number of rotatable bonds is 1. The molecule has 9 heavy (non-hydrogen) atoms. The Morgan fingerprint density at radius 1 is 1.44 bits per heavy atom. The predicted octanol–water partition coefficient (Wildman–Crippen LogP) is 1.88. The first-order valence-corrected chi connectivity index (χ1v) is 2.81. The third kappa shape index (κ3) is 7.12. The van der Waals surface area contributed by atoms with Crippen LogP contribution in [0.4, 0.5) is 0 Å². The van der Waals surface area contributed by atoms with Gasteiger partial charge < -0.3 is 0 Å². The molecule has 2 heteroatoms. The lowest BCUT2D eigenvalue weighted by molar-refractivity contribution is 0.542. The summed E-state index contributed by atoms with van der Waals surface area (Å²) in [6.45, 7) is 6.09. The fourth-order valence-electron chi connectivity index (χ4n) is 0.291. The van der Waals surface area contributed by atoms with Gasteiger partial charge in [-0.3, -0.25) is 0 Å². The van der Waals surface area contributed by atoms with Gasteiger partial charge in [-0.05, 0) is 5.41 Å². The van der Waals surface area contributed by atoms with Crippen LogP contribution in [0.2, 0.25) is 0 Å². The first-order chi connectivity index (χ1) is 4.06. The molecule has 0 unspecified atom stereocenters. The molecule has 0 N–H and O–H groups in total. The molecule has 50 valence electrons. The highest BCUT2D eigenvalue weighted by Crippen LogP contribution is 2.13. The van der Waals surface area contributed by atoms with Crippen LogP contribution in [-0.2, 0) is 4.79 Å². The van der Waals surface area contributed by atoms with Crippen LogP contribution in [0.1, 0.15) is 20.8 Å². The van der Waals surface area contributed by atoms with Gasteiger partial charge in [0, 0.05) is 6.20 Å². The molecule has 0 fully saturated rings. The molecule has 0 amide bonds. The second-order valence-electron chi connectivity index (χ2n) is 2.90. The summed E-state index contributed by atoms with van der Waals surface area (Å²) < 4.78 is 0. The fraction of sp³-hybridized carbons (Fsp3) is 0.571. The van der Waals surface area contributed by atoms with Crippen LogP contribution in [0.5, 0.6) is 0 Å². The Kier molecular flexibility index (Phi) is 2.89. The molecule has 0 aliphatic carbocycles. The van der Waals surface area contributed by atoms with Gasteiger partial charge in [0.1, 0.15) is 0 Å². The smallest absolute Gasteiger partial charge is 0.211 e. The maximum atomic E-state index is 9.55. The quantitative estimate of drug-likeness (QED) is 0.388. The summed E-state index contributed by atoms with van der Waals surface area (Å²) >= 11 is 0. The van der Waals surface area contributed by atoms with Crippen molar-refractivity contribution in [3.05, 3.63) is 12.3 Å². The number of isocyanates is 1. The monoisotopic (exact) mass is 125 g/mol. The van der Waals surface area contributed by atoms with Gasteiger partial charge in [0.2, 0.25) is 6.08 Å². The molecule has 0 rings (SSSR count). The maximum Gasteiger partial charge on any atom is 0.239 e. The second kappa shape index (κ2) is 3.21. The van der Waals surface area contributed by atoms with E-state index >= 15 is 0 Å². The molecule has 0 radical (unpaired) electrons. The standard InChI is InChI=1S/C7H11NO/c1-7(2,3)4-5-8-6-9/h4-5H,1-3H3/b5-4+. The van der Waals surface area contributed by atoms with E-state index in [-0.39, 0.29) is 5.41 Å². The van der Waals surface area contributed by atoms with Gasteiger partial charge >= 0.3 is 0 Å². The van der Waals surface area contributed by atoms with Crippen molar-refractivity contribution in [1.29, 1.82) is 0 Å². The van der Waals surface area contributed by atoms with Gasteiger partial charge in [0.05, 0.1) is 0 Å². The molecule has 0 bridgehead atoms. The number of nitrogens with zero attached hydrogens (tertiary/aromatic N) is 1. The largest absolute Gasteiger partial charge is 0.239 e. The van der Waals surface area contributed by atoms with Crippen LogP contribution in [0.3, 0.4) is 0 Å². The minimum absolute atomic E-state index is 0.0976. The van der Waals surface area contributed by atoms with Crippen LogP contribution in [0.25, 0.3) is 0 Å². The van der Waals surface area contributed by atoms with Crippen molar-refractivity contribution in [2.24, 2.45) is 10.4 Å². The summed E-state index contributed by atoms with van der Waals surface area (Å²) in [7, 11) is 0. The normalized spacial score (nSPS) is 11.4. The van der Waals surface area contributed by atoms with E-state index in [1.54, 1.807) is 0 Å². The van der Waals surface area contributed by atoms with Gasteiger partial charge in [-0.2, -0.15) is 4.99 Å². The first-order valence-electron chi connectivity index (χ1n) is 2.81. The minimum Gasteiger partial charge on any atom is -0.211 e. The lowest BCUT2D eigenvalue weighted by Crippen LogP contribution is -1.97. The van der Waals surface area contributed by atoms with E-state index in [1.165, 1.54) is 12.3 Å². The fourth-order valence-corrected chi connectivity index (χ4v) is 0.291. The average Bonchev–Trinajstić information content (AvgIpc) is 1.63. The zero-order valence-corrected chi connectivity index (χ0v) is 6.01. The first kappa shape index (κ1) is 8.12. The molecular weight excluding hydrogens is 114 g/mol. The highest BCUT2D eigenvalue weighted by atomic mass is 16.1. The van der Waals surface area contributed by atoms with Crippen LogP contribution in [-0.4, -0.2) is 6.08 Å². The summed E-state index contributed by atoms with van der Waals surface area (Å²) in [6.07, 6.45) is 4.74. The van der Waals surface area contributed by atoms with Crippen molar-refractivity contribution in [3.63, 3.8) is 0 Å². The van der Waals surface area contributed by atoms with Gasteiger partial charge in [0.25, 0.3) is 0 Å². The van der Waals surface area contributed by atoms with E-state index in [4.69, 9.17) is 0 Å². The molecule has 0 heterocycles. The Bertz CT molecular complexity index is 147. The molecule has 0 aliphatic rings. The number of hydrogen-bond acceptors (Lipinski definition) is 2. The maximum absolute atomic E-state index is 9.55. The predicted molar refractivity (Wildman–Crippen MR) is 36.7 cm³/mol. The van der Waals surface area contributed by atoms with Gasteiger partial charge in [0.15, 0.2) is 0 Å². The van der Waals surface area contributed by atoms with E-state index < -0.39 is 0 Å². The third-order valence-corrected chi connectivity index (χ3v) is 0.702. The molecule has 0 atom stereocenters. The molecule has 0 aromatic rings. The molecule has 0 saturated heterocycles. The molecule has 0 spiro atoms. The lowest BCUT2D eigenvalue weighted by atomic mass is 9.97. The Hall–Kier alpha value is -0.880. The van der Waals surface area contributed by atoms with Crippen molar-refractivity contribution < 1.29 is 4.79 Å². The van der Waals surface area contributed by atoms with E-state index in [1.807, 2.05) is 26.8 Å². The summed E-state index contributed by atoms with van der Waals surface area (Å²) in [5.74, 6) is 0. The summed E-state index contributed by atoms with van der Waals surface area (Å²) in [5, 5.41) is 0. The van der Waals surface area contributed by atoms with Crippen LogP contribution < -0.4 is 0 Å². The summed E-state index contributed by atoms with van der Waals surface area (Å²) in [6, 6.07) is 0. The third-order valence-electron chi connectivity index (χ3n) is 0.702. The molecule has 0 aromatic heterocycles. The number of carbonyl (C=O) groups excluding carboxylic acids is 1. The number of aliphatic imine (C=N–C) groups is 1. The molecule has 2 nitrogen and oxygen atoms in total. The Balaban J connectivity index is 3.85. The van der Waals surface area contributed by atoms with E-state index in [0.29, 0.717) is 0 Å². The zero-order chi connectivity index (χ0) is 7.33. The van der Waals surface area contributed by atoms with Crippen molar-refractivity contribution >= 4 is 6.08 Å². The summed E-state index contributed by atoms with van der Waals surface area (Å²) in [4.78, 5) is 12.8. The number of allylic oxidation sites excluding steroid dienone is 1. The SMILES string of the molecule is CC(C)(C)/C=C/N=C=O. The molecule has 0 aliphatic heterocycles. The highest BCUT2D eigenvalue weighted by molar-refractivity contribution is 5.34. The Morgan fingerprint density at radius 2 is 2.00 bits per heavy atom. The lowest BCUT2D eigenvalue weighted by Gasteiger charge is -2.08. The molecular formula is C7H11NO. The van der Waals surface area contributed by atoms with E-state index in [2.05, 4.69) is 4.99 Å². The molecule has 0 saturated carbocycles. The van der Waals surface area contributed by atoms with Crippen molar-refractivity contribution in [2.45, 2.75) is 20.8 Å². The zero-order valence-electron chi connectivity index (χ0n) is 6.01. The van der Waals surface area contributed by atoms with Crippen LogP contribution in [0.15, 0.2) is 17.3 Å². The van der Waals surface area contributed by atoms with Crippen LogP contribution >= 0.6 is 0 Å². The van der Waals surface area contributed by atoms with Crippen molar-refractivity contribution in [3.8, 4) is 0 Å². The van der Waals surface area contributed by atoms with Gasteiger partial charge in [-0.1, -0.05) is 26.8 Å². The average molecular weight is 125 g/mol. The Labute approximate surface area is 55.3 Å². The van der Waals surface area contributed by atoms with E-state index in [0.717, 1.165) is 0 Å². The van der Waals surface area contributed by atoms with Gasteiger partial charge in [-0.15, -0.1) is 0 Å².